The molecule has 0 unspecified atom stereocenters. The van der Waals surface area contributed by atoms with Gasteiger partial charge in [0.2, 0.25) is 11.8 Å². The SMILES string of the molecule is CC1=CCN(C(=O)C[C@@H]2C(=O)NCCN2Cc2cccc(C)c2)CC1. The Morgan fingerprint density at radius 3 is 2.84 bits per heavy atom. The molecule has 1 fully saturated rings. The molecule has 5 nitrogen and oxygen atoms in total. The molecule has 1 aromatic carbocycles. The third-order valence-corrected chi connectivity index (χ3v) is 5.07. The minimum Gasteiger partial charge on any atom is -0.353 e. The average Bonchev–Trinajstić information content (AvgIpc) is 2.58. The quantitative estimate of drug-likeness (QED) is 0.851. The first kappa shape index (κ1) is 17.7. The van der Waals surface area contributed by atoms with Crippen LogP contribution in [0.15, 0.2) is 35.9 Å². The highest BCUT2D eigenvalue weighted by Crippen LogP contribution is 2.17. The van der Waals surface area contributed by atoms with Gasteiger partial charge >= 0.3 is 0 Å². The molecule has 2 heterocycles. The van der Waals surface area contributed by atoms with Crippen molar-refractivity contribution in [3.63, 3.8) is 0 Å². The number of benzene rings is 1. The van der Waals surface area contributed by atoms with E-state index in [1.807, 2.05) is 11.0 Å². The van der Waals surface area contributed by atoms with Crippen LogP contribution in [0.25, 0.3) is 0 Å². The standard InChI is InChI=1S/C20H27N3O2/c1-15-6-9-22(10-7-15)19(24)13-18-20(25)21-8-11-23(18)14-17-5-3-4-16(2)12-17/h3-6,12,18H,7-11,13-14H2,1-2H3,(H,21,25)/t18-/m1/s1. The fourth-order valence-corrected chi connectivity index (χ4v) is 3.51. The molecular formula is C20H27N3O2. The van der Waals surface area contributed by atoms with E-state index >= 15 is 0 Å². The molecule has 5 heteroatoms. The maximum atomic E-state index is 12.7. The number of piperazine rings is 1. The predicted molar refractivity (Wildman–Crippen MR) is 98.0 cm³/mol. The summed E-state index contributed by atoms with van der Waals surface area (Å²) in [5.41, 5.74) is 3.73. The summed E-state index contributed by atoms with van der Waals surface area (Å²) in [6, 6.07) is 7.95. The smallest absolute Gasteiger partial charge is 0.237 e. The highest BCUT2D eigenvalue weighted by Gasteiger charge is 2.33. The Morgan fingerprint density at radius 2 is 2.12 bits per heavy atom. The zero-order chi connectivity index (χ0) is 17.8. The number of carbonyl (C=O) groups excluding carboxylic acids is 2. The maximum Gasteiger partial charge on any atom is 0.237 e. The van der Waals surface area contributed by atoms with Crippen molar-refractivity contribution in [1.29, 1.82) is 0 Å². The van der Waals surface area contributed by atoms with E-state index in [9.17, 15) is 9.59 Å². The minimum absolute atomic E-state index is 0.0315. The molecule has 0 spiro atoms. The van der Waals surface area contributed by atoms with Gasteiger partial charge < -0.3 is 10.2 Å². The Labute approximate surface area is 149 Å². The number of nitrogens with one attached hydrogen (secondary N) is 1. The van der Waals surface area contributed by atoms with Crippen molar-refractivity contribution in [2.75, 3.05) is 26.2 Å². The second-order valence-electron chi connectivity index (χ2n) is 7.11. The lowest BCUT2D eigenvalue weighted by atomic mass is 10.0. The molecule has 2 aliphatic heterocycles. The fraction of sp³-hybridized carbons (Fsp3) is 0.500. The van der Waals surface area contributed by atoms with Crippen molar-refractivity contribution in [3.05, 3.63) is 47.0 Å². The second kappa shape index (κ2) is 7.83. The van der Waals surface area contributed by atoms with Crippen LogP contribution in [0.3, 0.4) is 0 Å². The van der Waals surface area contributed by atoms with E-state index in [0.717, 1.165) is 19.5 Å². The summed E-state index contributed by atoms with van der Waals surface area (Å²) in [6.45, 7) is 7.70. The first-order chi connectivity index (χ1) is 12.0. The van der Waals surface area contributed by atoms with Gasteiger partial charge in [-0.15, -0.1) is 0 Å². The zero-order valence-electron chi connectivity index (χ0n) is 15.1. The van der Waals surface area contributed by atoms with Crippen molar-refractivity contribution in [2.24, 2.45) is 0 Å². The van der Waals surface area contributed by atoms with Gasteiger partial charge in [0.25, 0.3) is 0 Å². The van der Waals surface area contributed by atoms with Crippen molar-refractivity contribution in [3.8, 4) is 0 Å². The fourth-order valence-electron chi connectivity index (χ4n) is 3.51. The molecule has 1 N–H and O–H groups in total. The Morgan fingerprint density at radius 1 is 1.28 bits per heavy atom. The number of hydrogen-bond donors (Lipinski definition) is 1. The minimum atomic E-state index is -0.381. The molecule has 25 heavy (non-hydrogen) atoms. The molecular weight excluding hydrogens is 314 g/mol. The van der Waals surface area contributed by atoms with E-state index in [0.29, 0.717) is 19.6 Å². The molecule has 1 atom stereocenters. The van der Waals surface area contributed by atoms with E-state index in [-0.39, 0.29) is 24.3 Å². The van der Waals surface area contributed by atoms with Crippen molar-refractivity contribution < 1.29 is 9.59 Å². The predicted octanol–water partition coefficient (Wildman–Crippen LogP) is 1.86. The highest BCUT2D eigenvalue weighted by molar-refractivity contribution is 5.89. The van der Waals surface area contributed by atoms with Gasteiger partial charge in [-0.3, -0.25) is 14.5 Å². The summed E-state index contributed by atoms with van der Waals surface area (Å²) in [6.07, 6.45) is 3.28. The summed E-state index contributed by atoms with van der Waals surface area (Å²) in [5, 5.41) is 2.91. The molecule has 0 aliphatic carbocycles. The van der Waals surface area contributed by atoms with Gasteiger partial charge in [0.05, 0.1) is 12.5 Å². The van der Waals surface area contributed by atoms with Gasteiger partial charge in [0.1, 0.15) is 0 Å². The summed E-state index contributed by atoms with van der Waals surface area (Å²) in [4.78, 5) is 29.1. The summed E-state index contributed by atoms with van der Waals surface area (Å²) < 4.78 is 0. The van der Waals surface area contributed by atoms with Crippen LogP contribution in [0.5, 0.6) is 0 Å². The molecule has 3 rings (SSSR count). The monoisotopic (exact) mass is 341 g/mol. The first-order valence-electron chi connectivity index (χ1n) is 9.03. The zero-order valence-corrected chi connectivity index (χ0v) is 15.1. The molecule has 1 aromatic rings. The number of amides is 2. The Kier molecular flexibility index (Phi) is 5.53. The third kappa shape index (κ3) is 4.48. The van der Waals surface area contributed by atoms with Crippen LogP contribution in [-0.2, 0) is 16.1 Å². The number of hydrogen-bond acceptors (Lipinski definition) is 3. The third-order valence-electron chi connectivity index (χ3n) is 5.07. The van der Waals surface area contributed by atoms with Crippen LogP contribution in [0, 0.1) is 6.92 Å². The number of nitrogens with zero attached hydrogens (tertiary/aromatic N) is 2. The van der Waals surface area contributed by atoms with E-state index in [1.165, 1.54) is 16.7 Å². The molecule has 2 aliphatic rings. The van der Waals surface area contributed by atoms with Crippen LogP contribution in [0.1, 0.15) is 30.9 Å². The van der Waals surface area contributed by atoms with Crippen molar-refractivity contribution >= 4 is 11.8 Å². The van der Waals surface area contributed by atoms with Crippen molar-refractivity contribution in [2.45, 2.75) is 39.3 Å². The summed E-state index contributed by atoms with van der Waals surface area (Å²) in [7, 11) is 0. The number of rotatable bonds is 4. The largest absolute Gasteiger partial charge is 0.353 e. The molecule has 0 aromatic heterocycles. The Balaban J connectivity index is 1.67. The molecule has 0 saturated carbocycles. The summed E-state index contributed by atoms with van der Waals surface area (Å²) in [5.74, 6) is 0.0380. The Bertz CT molecular complexity index is 683. The van der Waals surface area contributed by atoms with Crippen LogP contribution in [-0.4, -0.2) is 53.8 Å². The maximum absolute atomic E-state index is 12.7. The van der Waals surface area contributed by atoms with Gasteiger partial charge in [0.15, 0.2) is 0 Å². The lowest BCUT2D eigenvalue weighted by Crippen LogP contribution is -2.56. The van der Waals surface area contributed by atoms with Gasteiger partial charge in [-0.2, -0.15) is 0 Å². The van der Waals surface area contributed by atoms with E-state index in [1.54, 1.807) is 0 Å². The average molecular weight is 341 g/mol. The van der Waals surface area contributed by atoms with Crippen molar-refractivity contribution in [1.82, 2.24) is 15.1 Å². The van der Waals surface area contributed by atoms with Gasteiger partial charge in [-0.25, -0.2) is 0 Å². The Hall–Kier alpha value is -2.14. The normalized spacial score (nSPS) is 21.7. The lowest BCUT2D eigenvalue weighted by molar-refractivity contribution is -0.138. The molecule has 0 radical (unpaired) electrons. The van der Waals surface area contributed by atoms with E-state index in [2.05, 4.69) is 48.3 Å². The highest BCUT2D eigenvalue weighted by atomic mass is 16.2. The molecule has 0 bridgehead atoms. The molecule has 134 valence electrons. The van der Waals surface area contributed by atoms with Crippen LogP contribution >= 0.6 is 0 Å². The topological polar surface area (TPSA) is 52.7 Å². The van der Waals surface area contributed by atoms with Gasteiger partial charge in [0, 0.05) is 32.7 Å². The van der Waals surface area contributed by atoms with Crippen LogP contribution in [0.2, 0.25) is 0 Å². The first-order valence-corrected chi connectivity index (χ1v) is 9.03. The summed E-state index contributed by atoms with van der Waals surface area (Å²) >= 11 is 0. The number of aryl methyl sites for hydroxylation is 1. The van der Waals surface area contributed by atoms with Gasteiger partial charge in [-0.1, -0.05) is 41.5 Å². The molecule has 2 amide bonds. The molecule has 1 saturated heterocycles. The van der Waals surface area contributed by atoms with Crippen LogP contribution < -0.4 is 5.32 Å². The van der Waals surface area contributed by atoms with E-state index < -0.39 is 0 Å². The van der Waals surface area contributed by atoms with E-state index in [4.69, 9.17) is 0 Å². The lowest BCUT2D eigenvalue weighted by Gasteiger charge is -2.36. The van der Waals surface area contributed by atoms with Crippen LogP contribution in [0.4, 0.5) is 0 Å². The number of carbonyl (C=O) groups is 2. The second-order valence-corrected chi connectivity index (χ2v) is 7.11. The van der Waals surface area contributed by atoms with Gasteiger partial charge in [-0.05, 0) is 25.8 Å².